The molecular weight excluding hydrogens is 427 g/mol. The molecule has 1 aliphatic rings. The van der Waals surface area contributed by atoms with E-state index in [-0.39, 0.29) is 17.9 Å². The summed E-state index contributed by atoms with van der Waals surface area (Å²) < 4.78 is 41.3. The Kier molecular flexibility index (Phi) is 6.78. The van der Waals surface area contributed by atoms with Gasteiger partial charge in [-0.05, 0) is 38.2 Å². The fourth-order valence-electron chi connectivity index (χ4n) is 3.40. The number of fused-ring (bicyclic) bond motifs is 1. The second-order valence-electron chi connectivity index (χ2n) is 7.48. The lowest BCUT2D eigenvalue weighted by atomic mass is 10.1. The van der Waals surface area contributed by atoms with Gasteiger partial charge >= 0.3 is 6.18 Å². The van der Waals surface area contributed by atoms with Gasteiger partial charge in [-0.1, -0.05) is 18.2 Å². The van der Waals surface area contributed by atoms with Crippen LogP contribution in [-0.4, -0.2) is 60.0 Å². The standard InChI is InChI=1S/C21H22F3N5O3/c1-13-6-5-9-17(25-13)27-19(31)11-28(2)12-20(32)29-15-8-4-3-7-14(15)26-18(30)10-16(29)21(22,23)24/h3-9,16H,10-12H2,1-2H3,(H,26,30)(H,25,27,31). The Morgan fingerprint density at radius 1 is 1.19 bits per heavy atom. The Bertz CT molecular complexity index is 1030. The molecule has 0 aliphatic carbocycles. The molecule has 0 saturated heterocycles. The number of alkyl halides is 3. The van der Waals surface area contributed by atoms with Crippen molar-refractivity contribution in [2.45, 2.75) is 25.6 Å². The summed E-state index contributed by atoms with van der Waals surface area (Å²) >= 11 is 0. The molecule has 1 atom stereocenters. The number of halogens is 3. The third kappa shape index (κ3) is 5.61. The minimum atomic E-state index is -4.82. The molecule has 32 heavy (non-hydrogen) atoms. The molecule has 0 bridgehead atoms. The first kappa shape index (κ1) is 23.2. The van der Waals surface area contributed by atoms with Crippen LogP contribution in [0.15, 0.2) is 42.5 Å². The quantitative estimate of drug-likeness (QED) is 0.732. The van der Waals surface area contributed by atoms with E-state index < -0.39 is 42.9 Å². The first-order valence-corrected chi connectivity index (χ1v) is 9.74. The first-order chi connectivity index (χ1) is 15.0. The van der Waals surface area contributed by atoms with Gasteiger partial charge in [0.15, 0.2) is 0 Å². The van der Waals surface area contributed by atoms with E-state index in [2.05, 4.69) is 15.6 Å². The summed E-state index contributed by atoms with van der Waals surface area (Å²) in [6.07, 6.45) is -5.75. The third-order valence-electron chi connectivity index (χ3n) is 4.75. The van der Waals surface area contributed by atoms with Gasteiger partial charge in [0.1, 0.15) is 11.9 Å². The third-order valence-corrected chi connectivity index (χ3v) is 4.75. The highest BCUT2D eigenvalue weighted by atomic mass is 19.4. The zero-order valence-electron chi connectivity index (χ0n) is 17.4. The molecule has 8 nitrogen and oxygen atoms in total. The maximum atomic E-state index is 13.8. The minimum absolute atomic E-state index is 0.0486. The van der Waals surface area contributed by atoms with Gasteiger partial charge in [-0.3, -0.25) is 24.2 Å². The molecule has 2 aromatic rings. The van der Waals surface area contributed by atoms with Gasteiger partial charge in [0.25, 0.3) is 0 Å². The number of nitrogens with zero attached hydrogens (tertiary/aromatic N) is 3. The summed E-state index contributed by atoms with van der Waals surface area (Å²) in [7, 11) is 1.44. The van der Waals surface area contributed by atoms with Crippen molar-refractivity contribution >= 4 is 34.9 Å². The monoisotopic (exact) mass is 449 g/mol. The number of anilines is 3. The van der Waals surface area contributed by atoms with Crippen LogP contribution in [0.2, 0.25) is 0 Å². The maximum absolute atomic E-state index is 13.8. The SMILES string of the molecule is Cc1cccc(NC(=O)CN(C)CC(=O)N2c3ccccc3NC(=O)CC2C(F)(F)F)n1. The van der Waals surface area contributed by atoms with E-state index in [1.807, 2.05) is 0 Å². The van der Waals surface area contributed by atoms with Crippen LogP contribution in [0.4, 0.5) is 30.4 Å². The van der Waals surface area contributed by atoms with Gasteiger partial charge in [0, 0.05) is 5.69 Å². The average molecular weight is 449 g/mol. The fraction of sp³-hybridized carbons (Fsp3) is 0.333. The number of amides is 3. The molecule has 1 aromatic carbocycles. The lowest BCUT2D eigenvalue weighted by molar-refractivity contribution is -0.158. The van der Waals surface area contributed by atoms with Crippen molar-refractivity contribution in [2.24, 2.45) is 0 Å². The van der Waals surface area contributed by atoms with Crippen LogP contribution in [0, 0.1) is 6.92 Å². The van der Waals surface area contributed by atoms with Crippen LogP contribution < -0.4 is 15.5 Å². The molecule has 1 aliphatic heterocycles. The summed E-state index contributed by atoms with van der Waals surface area (Å²) in [6.45, 7) is 1.05. The predicted octanol–water partition coefficient (Wildman–Crippen LogP) is 2.57. The number of aryl methyl sites for hydroxylation is 1. The Morgan fingerprint density at radius 3 is 2.59 bits per heavy atom. The number of para-hydroxylation sites is 2. The van der Waals surface area contributed by atoms with Gasteiger partial charge in [-0.15, -0.1) is 0 Å². The van der Waals surface area contributed by atoms with Crippen molar-refractivity contribution in [2.75, 3.05) is 35.7 Å². The van der Waals surface area contributed by atoms with E-state index in [9.17, 15) is 27.6 Å². The van der Waals surface area contributed by atoms with E-state index in [4.69, 9.17) is 0 Å². The molecule has 0 saturated carbocycles. The summed E-state index contributed by atoms with van der Waals surface area (Å²) in [5.74, 6) is -1.87. The molecule has 3 amide bonds. The van der Waals surface area contributed by atoms with Crippen LogP contribution in [0.3, 0.4) is 0 Å². The van der Waals surface area contributed by atoms with Crippen molar-refractivity contribution in [1.29, 1.82) is 0 Å². The molecule has 1 unspecified atom stereocenters. The number of likely N-dealkylation sites (N-methyl/N-ethyl adjacent to an activating group) is 1. The molecule has 0 spiro atoms. The second-order valence-corrected chi connectivity index (χ2v) is 7.48. The van der Waals surface area contributed by atoms with Crippen molar-refractivity contribution in [3.63, 3.8) is 0 Å². The highest BCUT2D eigenvalue weighted by Crippen LogP contribution is 2.37. The van der Waals surface area contributed by atoms with Crippen molar-refractivity contribution in [1.82, 2.24) is 9.88 Å². The summed E-state index contributed by atoms with van der Waals surface area (Å²) in [5, 5.41) is 4.99. The number of pyridine rings is 1. The number of rotatable bonds is 5. The van der Waals surface area contributed by atoms with Gasteiger partial charge in [-0.25, -0.2) is 4.98 Å². The Morgan fingerprint density at radius 2 is 1.91 bits per heavy atom. The smallest absolute Gasteiger partial charge is 0.324 e. The van der Waals surface area contributed by atoms with Crippen LogP contribution >= 0.6 is 0 Å². The highest BCUT2D eigenvalue weighted by Gasteiger charge is 2.49. The summed E-state index contributed by atoms with van der Waals surface area (Å²) in [5.41, 5.74) is 0.767. The van der Waals surface area contributed by atoms with E-state index in [0.29, 0.717) is 16.4 Å². The lowest BCUT2D eigenvalue weighted by Gasteiger charge is -2.32. The highest BCUT2D eigenvalue weighted by molar-refractivity contribution is 6.05. The number of hydrogen-bond donors (Lipinski definition) is 2. The summed E-state index contributed by atoms with van der Waals surface area (Å²) in [6, 6.07) is 8.55. The Labute approximate surface area is 182 Å². The first-order valence-electron chi connectivity index (χ1n) is 9.74. The maximum Gasteiger partial charge on any atom is 0.409 e. The number of hydrogen-bond acceptors (Lipinski definition) is 5. The van der Waals surface area contributed by atoms with Gasteiger partial charge in [-0.2, -0.15) is 13.2 Å². The topological polar surface area (TPSA) is 94.6 Å². The van der Waals surface area contributed by atoms with E-state index in [1.165, 1.54) is 30.1 Å². The number of carbonyl (C=O) groups is 3. The predicted molar refractivity (Wildman–Crippen MR) is 112 cm³/mol. The van der Waals surface area contributed by atoms with Crippen molar-refractivity contribution in [3.8, 4) is 0 Å². The number of benzene rings is 1. The van der Waals surface area contributed by atoms with Crippen molar-refractivity contribution < 1.29 is 27.6 Å². The van der Waals surface area contributed by atoms with E-state index >= 15 is 0 Å². The summed E-state index contributed by atoms with van der Waals surface area (Å²) in [4.78, 5) is 43.3. The molecular formula is C21H22F3N5O3. The average Bonchev–Trinajstić information content (AvgIpc) is 2.83. The normalized spacial score (nSPS) is 16.2. The molecule has 2 heterocycles. The molecule has 2 N–H and O–H groups in total. The largest absolute Gasteiger partial charge is 0.409 e. The van der Waals surface area contributed by atoms with Crippen LogP contribution in [0.1, 0.15) is 12.1 Å². The molecule has 0 fully saturated rings. The van der Waals surface area contributed by atoms with Crippen LogP contribution in [-0.2, 0) is 14.4 Å². The number of carbonyl (C=O) groups excluding carboxylic acids is 3. The van der Waals surface area contributed by atoms with Crippen molar-refractivity contribution in [3.05, 3.63) is 48.2 Å². The molecule has 1 aromatic heterocycles. The Balaban J connectivity index is 1.76. The van der Waals surface area contributed by atoms with E-state index in [0.717, 1.165) is 0 Å². The molecule has 11 heteroatoms. The minimum Gasteiger partial charge on any atom is -0.324 e. The van der Waals surface area contributed by atoms with Gasteiger partial charge in [0.05, 0.1) is 30.9 Å². The molecule has 3 rings (SSSR count). The second kappa shape index (κ2) is 9.35. The van der Waals surface area contributed by atoms with Crippen LogP contribution in [0.5, 0.6) is 0 Å². The Hall–Kier alpha value is -3.47. The lowest BCUT2D eigenvalue weighted by Crippen LogP contribution is -2.52. The molecule has 170 valence electrons. The number of aromatic nitrogens is 1. The number of nitrogens with one attached hydrogen (secondary N) is 2. The zero-order chi connectivity index (χ0) is 23.5. The van der Waals surface area contributed by atoms with E-state index in [1.54, 1.807) is 31.2 Å². The van der Waals surface area contributed by atoms with Crippen LogP contribution in [0.25, 0.3) is 0 Å². The molecule has 0 radical (unpaired) electrons. The fourth-order valence-corrected chi connectivity index (χ4v) is 3.40. The van der Waals surface area contributed by atoms with Gasteiger partial charge in [0.2, 0.25) is 17.7 Å². The van der Waals surface area contributed by atoms with Gasteiger partial charge < -0.3 is 10.6 Å². The zero-order valence-corrected chi connectivity index (χ0v) is 17.4.